The second kappa shape index (κ2) is 7.04. The molecule has 3 N–H and O–H groups in total. The van der Waals surface area contributed by atoms with Crippen molar-refractivity contribution in [1.29, 1.82) is 0 Å². The minimum absolute atomic E-state index is 0.0349. The van der Waals surface area contributed by atoms with Gasteiger partial charge in [-0.05, 0) is 62.5 Å². The Balaban J connectivity index is 1.32. The lowest BCUT2D eigenvalue weighted by Gasteiger charge is -2.58. The molecule has 2 aliphatic carbocycles. The van der Waals surface area contributed by atoms with Gasteiger partial charge in [-0.1, -0.05) is 20.4 Å². The summed E-state index contributed by atoms with van der Waals surface area (Å²) in [6.07, 6.45) is 4.62. The van der Waals surface area contributed by atoms with Crippen molar-refractivity contribution in [3.63, 3.8) is 0 Å². The van der Waals surface area contributed by atoms with E-state index in [-0.39, 0.29) is 29.5 Å². The van der Waals surface area contributed by atoms with Crippen molar-refractivity contribution in [2.24, 2.45) is 17.1 Å². The molecule has 7 heteroatoms. The molecule has 0 bridgehead atoms. The molecule has 29 heavy (non-hydrogen) atoms. The smallest absolute Gasteiger partial charge is 0.254 e. The summed E-state index contributed by atoms with van der Waals surface area (Å²) in [5.74, 6) is 1.16. The highest BCUT2D eigenvalue weighted by molar-refractivity contribution is 5.95. The van der Waals surface area contributed by atoms with Crippen molar-refractivity contribution in [2.75, 3.05) is 0 Å². The third-order valence-corrected chi connectivity index (χ3v) is 6.44. The van der Waals surface area contributed by atoms with Gasteiger partial charge in [0, 0.05) is 11.7 Å². The predicted molar refractivity (Wildman–Crippen MR) is 109 cm³/mol. The van der Waals surface area contributed by atoms with Gasteiger partial charge in [0.05, 0.1) is 0 Å². The molecule has 3 aliphatic rings. The van der Waals surface area contributed by atoms with E-state index in [0.717, 1.165) is 43.6 Å². The Hall–Kier alpha value is -2.57. The molecule has 7 nitrogen and oxygen atoms in total. The molecule has 1 saturated heterocycles. The molecule has 1 aromatic rings. The highest BCUT2D eigenvalue weighted by Crippen LogP contribution is 2.58. The van der Waals surface area contributed by atoms with Crippen LogP contribution in [0.4, 0.5) is 0 Å². The molecule has 1 atom stereocenters. The van der Waals surface area contributed by atoms with E-state index in [4.69, 9.17) is 10.5 Å². The van der Waals surface area contributed by atoms with Gasteiger partial charge in [-0.3, -0.25) is 14.5 Å². The Morgan fingerprint density at radius 3 is 2.69 bits per heavy atom. The van der Waals surface area contributed by atoms with Gasteiger partial charge in [-0.25, -0.2) is 4.98 Å². The van der Waals surface area contributed by atoms with Crippen LogP contribution in [-0.2, 0) is 4.79 Å². The summed E-state index contributed by atoms with van der Waals surface area (Å²) in [5.41, 5.74) is 6.77. The highest BCUT2D eigenvalue weighted by atomic mass is 16.5. The van der Waals surface area contributed by atoms with E-state index in [1.54, 1.807) is 12.1 Å². The number of carbonyl (C=O) groups is 2. The Morgan fingerprint density at radius 2 is 2.07 bits per heavy atom. The van der Waals surface area contributed by atoms with E-state index in [9.17, 15) is 9.59 Å². The molecule has 1 spiro atoms. The molecular weight excluding hydrogens is 368 g/mol. The van der Waals surface area contributed by atoms with Crippen LogP contribution in [0, 0.1) is 18.3 Å². The zero-order chi connectivity index (χ0) is 20.9. The molecule has 0 unspecified atom stereocenters. The Labute approximate surface area is 171 Å². The second-order valence-electron chi connectivity index (χ2n) is 9.36. The number of carbonyl (C=O) groups excluding carboxylic acids is 2. The maximum absolute atomic E-state index is 12.8. The average Bonchev–Trinajstić information content (AvgIpc) is 2.82. The fourth-order valence-electron chi connectivity index (χ4n) is 5.08. The van der Waals surface area contributed by atoms with Crippen LogP contribution in [0.1, 0.15) is 62.0 Å². The molecule has 0 radical (unpaired) electrons. The lowest BCUT2D eigenvalue weighted by molar-refractivity contribution is -0.142. The topological polar surface area (TPSA) is 97.6 Å². The van der Waals surface area contributed by atoms with Crippen molar-refractivity contribution >= 4 is 11.8 Å². The molecule has 1 aromatic heterocycles. The number of aromatic nitrogens is 1. The molecule has 2 amide bonds. The van der Waals surface area contributed by atoms with Crippen LogP contribution in [-0.4, -0.2) is 39.9 Å². The summed E-state index contributed by atoms with van der Waals surface area (Å²) in [6, 6.07) is 3.50. The van der Waals surface area contributed by atoms with Crippen LogP contribution in [0.2, 0.25) is 0 Å². The van der Waals surface area contributed by atoms with Gasteiger partial charge >= 0.3 is 0 Å². The van der Waals surface area contributed by atoms with Crippen LogP contribution in [0.15, 0.2) is 24.5 Å². The van der Waals surface area contributed by atoms with Crippen LogP contribution < -0.4 is 15.8 Å². The summed E-state index contributed by atoms with van der Waals surface area (Å²) in [5, 5.41) is 3.27. The van der Waals surface area contributed by atoms with E-state index in [2.05, 4.69) is 30.7 Å². The van der Waals surface area contributed by atoms with Crippen molar-refractivity contribution < 1.29 is 14.3 Å². The van der Waals surface area contributed by atoms with E-state index < -0.39 is 5.91 Å². The standard InChI is InChI=1S/C22H30N4O3/c1-12(2)7-18-21(28)26(14(4)25-18)15-8-22(9-15)10-16(11-22)29-20-17(19(23)27)6-5-13(3)24-20/h5-6,12,15-16,18,25H,4,7-11H2,1-3H3,(H2,23,27)/t15?,16?,18-,22?/m0/s1. The summed E-state index contributed by atoms with van der Waals surface area (Å²) >= 11 is 0. The zero-order valence-electron chi connectivity index (χ0n) is 17.4. The largest absolute Gasteiger partial charge is 0.474 e. The van der Waals surface area contributed by atoms with Crippen LogP contribution >= 0.6 is 0 Å². The van der Waals surface area contributed by atoms with Crippen molar-refractivity contribution in [2.45, 2.75) is 71.1 Å². The first-order valence-corrected chi connectivity index (χ1v) is 10.4. The van der Waals surface area contributed by atoms with E-state index in [1.165, 1.54) is 0 Å². The summed E-state index contributed by atoms with van der Waals surface area (Å²) < 4.78 is 6.00. The van der Waals surface area contributed by atoms with Crippen molar-refractivity contribution in [3.05, 3.63) is 35.8 Å². The number of hydrogen-bond donors (Lipinski definition) is 2. The minimum atomic E-state index is -0.528. The lowest BCUT2D eigenvalue weighted by Crippen LogP contribution is -2.59. The number of amides is 2. The zero-order valence-corrected chi connectivity index (χ0v) is 17.4. The first-order chi connectivity index (χ1) is 13.7. The molecule has 4 rings (SSSR count). The summed E-state index contributed by atoms with van der Waals surface area (Å²) in [6.45, 7) is 10.2. The molecule has 0 aromatic carbocycles. The maximum atomic E-state index is 12.8. The number of aryl methyl sites for hydroxylation is 1. The fourth-order valence-corrected chi connectivity index (χ4v) is 5.08. The number of nitrogens with zero attached hydrogens (tertiary/aromatic N) is 2. The number of primary amides is 1. The molecule has 2 heterocycles. The minimum Gasteiger partial charge on any atom is -0.474 e. The number of hydrogen-bond acceptors (Lipinski definition) is 5. The third kappa shape index (κ3) is 3.58. The van der Waals surface area contributed by atoms with E-state index >= 15 is 0 Å². The predicted octanol–water partition coefficient (Wildman–Crippen LogP) is 2.50. The molecule has 156 valence electrons. The van der Waals surface area contributed by atoms with Gasteiger partial charge in [0.15, 0.2) is 0 Å². The quantitative estimate of drug-likeness (QED) is 0.767. The first kappa shape index (κ1) is 19.7. The third-order valence-electron chi connectivity index (χ3n) is 6.44. The molecule has 2 saturated carbocycles. The fraction of sp³-hybridized carbons (Fsp3) is 0.591. The number of rotatable bonds is 6. The lowest BCUT2D eigenvalue weighted by atomic mass is 9.52. The van der Waals surface area contributed by atoms with Crippen LogP contribution in [0.3, 0.4) is 0 Å². The maximum Gasteiger partial charge on any atom is 0.254 e. The first-order valence-electron chi connectivity index (χ1n) is 10.4. The summed E-state index contributed by atoms with van der Waals surface area (Å²) in [7, 11) is 0. The number of nitrogens with one attached hydrogen (secondary N) is 1. The van der Waals surface area contributed by atoms with Crippen LogP contribution in [0.25, 0.3) is 0 Å². The summed E-state index contributed by atoms with van der Waals surface area (Å²) in [4.78, 5) is 30.6. The molecular formula is C22H30N4O3. The average molecular weight is 399 g/mol. The number of ether oxygens (including phenoxy) is 1. The van der Waals surface area contributed by atoms with Gasteiger partial charge < -0.3 is 15.8 Å². The van der Waals surface area contributed by atoms with Gasteiger partial charge in [-0.15, -0.1) is 0 Å². The molecule has 1 aliphatic heterocycles. The van der Waals surface area contributed by atoms with Gasteiger partial charge in [0.2, 0.25) is 5.88 Å². The Bertz CT molecular complexity index is 852. The van der Waals surface area contributed by atoms with Crippen LogP contribution in [0.5, 0.6) is 5.88 Å². The second-order valence-corrected chi connectivity index (χ2v) is 9.36. The Kier molecular flexibility index (Phi) is 4.79. The monoisotopic (exact) mass is 398 g/mol. The van der Waals surface area contributed by atoms with Gasteiger partial charge in [-0.2, -0.15) is 0 Å². The SMILES string of the molecule is C=C1N[C@@H](CC(C)C)C(=O)N1C1CC2(CC(Oc3nc(C)ccc3C(N)=O)C2)C1. The molecule has 3 fully saturated rings. The van der Waals surface area contributed by atoms with E-state index in [1.807, 2.05) is 11.8 Å². The normalized spacial score (nSPS) is 30.9. The van der Waals surface area contributed by atoms with Crippen molar-refractivity contribution in [3.8, 4) is 5.88 Å². The van der Waals surface area contributed by atoms with Crippen molar-refractivity contribution in [1.82, 2.24) is 15.2 Å². The Morgan fingerprint density at radius 1 is 1.38 bits per heavy atom. The van der Waals surface area contributed by atoms with Gasteiger partial charge in [0.1, 0.15) is 23.5 Å². The van der Waals surface area contributed by atoms with Gasteiger partial charge in [0.25, 0.3) is 11.8 Å². The van der Waals surface area contributed by atoms with E-state index in [0.29, 0.717) is 17.4 Å². The highest BCUT2D eigenvalue weighted by Gasteiger charge is 2.57. The number of nitrogens with two attached hydrogens (primary N) is 1. The number of pyridine rings is 1.